The van der Waals surface area contributed by atoms with Crippen molar-refractivity contribution >= 4 is 46.0 Å². The second-order valence-electron chi connectivity index (χ2n) is 5.48. The molecule has 3 amide bonds. The Kier molecular flexibility index (Phi) is 5.14. The summed E-state index contributed by atoms with van der Waals surface area (Å²) < 4.78 is 5.93. The van der Waals surface area contributed by atoms with E-state index in [1.807, 2.05) is 18.2 Å². The highest BCUT2D eigenvalue weighted by Gasteiger charge is 2.35. The van der Waals surface area contributed by atoms with Gasteiger partial charge in [0.2, 0.25) is 0 Å². The normalized spacial score (nSPS) is 13.1. The molecule has 0 saturated carbocycles. The lowest BCUT2D eigenvalue weighted by Crippen LogP contribution is -2.32. The van der Waals surface area contributed by atoms with Crippen LogP contribution in [0.25, 0.3) is 0 Å². The Labute approximate surface area is 158 Å². The average Bonchev–Trinajstić information content (AvgIpc) is 2.83. The molecule has 1 N–H and O–H groups in total. The van der Waals surface area contributed by atoms with Crippen LogP contribution in [0, 0.1) is 3.57 Å². The second kappa shape index (κ2) is 7.32. The van der Waals surface area contributed by atoms with Crippen molar-refractivity contribution in [3.63, 3.8) is 0 Å². The highest BCUT2D eigenvalue weighted by atomic mass is 127. The van der Waals surface area contributed by atoms with Crippen LogP contribution in [-0.4, -0.2) is 42.9 Å². The number of fused-ring (bicyclic) bond motifs is 1. The van der Waals surface area contributed by atoms with Gasteiger partial charge >= 0.3 is 0 Å². The van der Waals surface area contributed by atoms with E-state index in [-0.39, 0.29) is 30.5 Å². The summed E-state index contributed by atoms with van der Waals surface area (Å²) >= 11 is 2.16. The van der Waals surface area contributed by atoms with Gasteiger partial charge in [-0.05, 0) is 59.0 Å². The van der Waals surface area contributed by atoms with Crippen LogP contribution in [0.1, 0.15) is 31.1 Å². The molecule has 25 heavy (non-hydrogen) atoms. The monoisotopic (exact) mass is 450 g/mol. The van der Waals surface area contributed by atoms with Crippen LogP contribution in [0.5, 0.6) is 0 Å². The Balaban J connectivity index is 1.83. The Morgan fingerprint density at radius 2 is 1.88 bits per heavy atom. The molecule has 0 radical (unpaired) electrons. The van der Waals surface area contributed by atoms with Gasteiger partial charge in [-0.2, -0.15) is 0 Å². The lowest BCUT2D eigenvalue weighted by molar-refractivity contribution is 0.0603. The maximum atomic E-state index is 12.4. The van der Waals surface area contributed by atoms with Crippen molar-refractivity contribution in [3.05, 3.63) is 62.7 Å². The summed E-state index contributed by atoms with van der Waals surface area (Å²) in [6.07, 6.45) is 0. The van der Waals surface area contributed by atoms with E-state index in [2.05, 4.69) is 27.9 Å². The number of methoxy groups -OCH3 is 1. The average molecular weight is 450 g/mol. The van der Waals surface area contributed by atoms with E-state index in [0.717, 1.165) is 8.47 Å². The number of ether oxygens (including phenoxy) is 1. The fourth-order valence-corrected chi connectivity index (χ4v) is 3.13. The molecular formula is C18H15IN2O4. The molecule has 6 nitrogen and oxygen atoms in total. The minimum absolute atomic E-state index is 0.187. The topological polar surface area (TPSA) is 75.7 Å². The fourth-order valence-electron chi connectivity index (χ4n) is 2.59. The maximum absolute atomic E-state index is 12.4. The van der Waals surface area contributed by atoms with E-state index in [0.29, 0.717) is 16.8 Å². The van der Waals surface area contributed by atoms with Crippen molar-refractivity contribution < 1.29 is 19.1 Å². The van der Waals surface area contributed by atoms with Gasteiger partial charge in [0, 0.05) is 21.9 Å². The van der Waals surface area contributed by atoms with Crippen LogP contribution < -0.4 is 5.32 Å². The molecule has 0 bridgehead atoms. The highest BCUT2D eigenvalue weighted by molar-refractivity contribution is 14.1. The molecule has 0 fully saturated rings. The molecule has 0 atom stereocenters. The van der Waals surface area contributed by atoms with Crippen LogP contribution in [0.2, 0.25) is 0 Å². The molecule has 2 aromatic rings. The van der Waals surface area contributed by atoms with E-state index >= 15 is 0 Å². The molecule has 1 aliphatic heterocycles. The van der Waals surface area contributed by atoms with Crippen molar-refractivity contribution in [3.8, 4) is 0 Å². The quantitative estimate of drug-likeness (QED) is 0.562. The van der Waals surface area contributed by atoms with E-state index in [9.17, 15) is 14.4 Å². The summed E-state index contributed by atoms with van der Waals surface area (Å²) in [7, 11) is 1.51. The fraction of sp³-hybridized carbons (Fsp3) is 0.167. The third-order valence-electron chi connectivity index (χ3n) is 3.83. The van der Waals surface area contributed by atoms with Gasteiger partial charge in [-0.1, -0.05) is 6.07 Å². The third-order valence-corrected chi connectivity index (χ3v) is 4.51. The van der Waals surface area contributed by atoms with Gasteiger partial charge in [-0.15, -0.1) is 0 Å². The highest BCUT2D eigenvalue weighted by Crippen LogP contribution is 2.24. The number of imide groups is 1. The maximum Gasteiger partial charge on any atom is 0.261 e. The van der Waals surface area contributed by atoms with Crippen molar-refractivity contribution in [2.45, 2.75) is 0 Å². The molecule has 0 aromatic heterocycles. The number of rotatable bonds is 5. The Bertz CT molecular complexity index is 866. The lowest BCUT2D eigenvalue weighted by atomic mass is 10.1. The van der Waals surface area contributed by atoms with Crippen LogP contribution in [0.4, 0.5) is 5.69 Å². The number of anilines is 1. The first-order valence-electron chi connectivity index (χ1n) is 7.57. The summed E-state index contributed by atoms with van der Waals surface area (Å²) in [6.45, 7) is 0.457. The van der Waals surface area contributed by atoms with Gasteiger partial charge in [-0.3, -0.25) is 19.3 Å². The van der Waals surface area contributed by atoms with E-state index in [1.54, 1.807) is 12.1 Å². The first-order valence-corrected chi connectivity index (χ1v) is 8.65. The SMILES string of the molecule is COCCN1C(=O)c2ccc(C(=O)Nc3cccc(I)c3)cc2C1=O. The number of amides is 3. The first kappa shape index (κ1) is 17.6. The van der Waals surface area contributed by atoms with Gasteiger partial charge in [0.05, 0.1) is 24.3 Å². The predicted molar refractivity (Wildman–Crippen MR) is 101 cm³/mol. The number of benzene rings is 2. The Hall–Kier alpha value is -2.26. The van der Waals surface area contributed by atoms with Crippen LogP contribution in [0.15, 0.2) is 42.5 Å². The van der Waals surface area contributed by atoms with Gasteiger partial charge in [0.25, 0.3) is 17.7 Å². The molecule has 0 unspecified atom stereocenters. The zero-order valence-corrected chi connectivity index (χ0v) is 15.6. The number of nitrogens with one attached hydrogen (secondary N) is 1. The summed E-state index contributed by atoms with van der Waals surface area (Å²) in [5.74, 6) is -1.09. The number of nitrogens with zero attached hydrogens (tertiary/aromatic N) is 1. The van der Waals surface area contributed by atoms with Crippen LogP contribution in [0.3, 0.4) is 0 Å². The first-order chi connectivity index (χ1) is 12.0. The second-order valence-corrected chi connectivity index (χ2v) is 6.73. The molecule has 1 aliphatic rings. The van der Waals surface area contributed by atoms with Crippen molar-refractivity contribution in [2.75, 3.05) is 25.6 Å². The largest absolute Gasteiger partial charge is 0.383 e. The molecule has 0 aliphatic carbocycles. The van der Waals surface area contributed by atoms with Crippen LogP contribution >= 0.6 is 22.6 Å². The zero-order chi connectivity index (χ0) is 18.0. The molecule has 3 rings (SSSR count). The molecule has 7 heteroatoms. The molecule has 1 heterocycles. The van der Waals surface area contributed by atoms with Gasteiger partial charge < -0.3 is 10.1 Å². The standard InChI is InChI=1S/C18H15IN2O4/c1-25-8-7-21-17(23)14-6-5-11(9-15(14)18(21)24)16(22)20-13-4-2-3-12(19)10-13/h2-6,9-10H,7-8H2,1H3,(H,20,22). The zero-order valence-electron chi connectivity index (χ0n) is 13.4. The van der Waals surface area contributed by atoms with Crippen molar-refractivity contribution in [1.29, 1.82) is 0 Å². The Morgan fingerprint density at radius 1 is 1.12 bits per heavy atom. The molecule has 0 saturated heterocycles. The van der Waals surface area contributed by atoms with Gasteiger partial charge in [0.1, 0.15) is 0 Å². The number of halogens is 1. The minimum Gasteiger partial charge on any atom is -0.383 e. The summed E-state index contributed by atoms with van der Waals surface area (Å²) in [5, 5.41) is 2.79. The summed E-state index contributed by atoms with van der Waals surface area (Å²) in [4.78, 5) is 38.2. The van der Waals surface area contributed by atoms with E-state index < -0.39 is 5.91 Å². The van der Waals surface area contributed by atoms with Gasteiger partial charge in [0.15, 0.2) is 0 Å². The van der Waals surface area contributed by atoms with Gasteiger partial charge in [-0.25, -0.2) is 0 Å². The molecule has 0 spiro atoms. The molecule has 2 aromatic carbocycles. The smallest absolute Gasteiger partial charge is 0.261 e. The number of carbonyl (C=O) groups is 3. The number of hydrogen-bond acceptors (Lipinski definition) is 4. The minimum atomic E-state index is -0.402. The number of hydrogen-bond donors (Lipinski definition) is 1. The molecule has 128 valence electrons. The molecular weight excluding hydrogens is 435 g/mol. The van der Waals surface area contributed by atoms with E-state index in [4.69, 9.17) is 4.74 Å². The van der Waals surface area contributed by atoms with Crippen molar-refractivity contribution in [2.24, 2.45) is 0 Å². The van der Waals surface area contributed by atoms with E-state index in [1.165, 1.54) is 19.2 Å². The van der Waals surface area contributed by atoms with Crippen LogP contribution in [-0.2, 0) is 4.74 Å². The summed E-state index contributed by atoms with van der Waals surface area (Å²) in [6, 6.07) is 11.9. The predicted octanol–water partition coefficient (Wildman–Crippen LogP) is 2.79. The van der Waals surface area contributed by atoms with Crippen molar-refractivity contribution in [1.82, 2.24) is 4.90 Å². The third kappa shape index (κ3) is 3.57. The number of carbonyl (C=O) groups excluding carboxylic acids is 3. The Morgan fingerprint density at radius 3 is 2.60 bits per heavy atom. The lowest BCUT2D eigenvalue weighted by Gasteiger charge is -2.12. The summed E-state index contributed by atoms with van der Waals surface area (Å²) in [5.41, 5.74) is 1.55.